The van der Waals surface area contributed by atoms with Crippen LogP contribution in [0.25, 0.3) is 0 Å². The number of halogens is 1. The van der Waals surface area contributed by atoms with Gasteiger partial charge in [0.05, 0.1) is 22.1 Å². The Morgan fingerprint density at radius 2 is 1.93 bits per heavy atom. The molecule has 0 saturated carbocycles. The van der Waals surface area contributed by atoms with Crippen LogP contribution in [0.15, 0.2) is 4.79 Å². The Bertz CT molecular complexity index is 915. The molecule has 27 heavy (non-hydrogen) atoms. The molecule has 1 saturated heterocycles. The van der Waals surface area contributed by atoms with Crippen LogP contribution >= 0.6 is 11.6 Å². The van der Waals surface area contributed by atoms with E-state index in [9.17, 15) is 4.79 Å². The van der Waals surface area contributed by atoms with Crippen molar-refractivity contribution in [3.63, 3.8) is 0 Å². The predicted octanol–water partition coefficient (Wildman–Crippen LogP) is 3.23. The third-order valence-corrected chi connectivity index (χ3v) is 6.71. The van der Waals surface area contributed by atoms with Gasteiger partial charge in [-0.3, -0.25) is 14.8 Å². The molecule has 1 spiro atoms. The number of aromatic amines is 2. The third-order valence-electron chi connectivity index (χ3n) is 6.21. The zero-order valence-electron chi connectivity index (χ0n) is 16.6. The molecular weight excluding hydrogens is 362 g/mol. The first-order valence-corrected chi connectivity index (χ1v) is 10.1. The van der Waals surface area contributed by atoms with Crippen LogP contribution in [0.2, 0.25) is 5.02 Å². The van der Waals surface area contributed by atoms with Gasteiger partial charge in [0.25, 0.3) is 5.56 Å². The number of likely N-dealkylation sites (tertiary alicyclic amines) is 1. The molecule has 0 amide bonds. The van der Waals surface area contributed by atoms with Crippen LogP contribution in [0.5, 0.6) is 0 Å². The van der Waals surface area contributed by atoms with Gasteiger partial charge >= 0.3 is 0 Å². The highest BCUT2D eigenvalue weighted by atomic mass is 35.5. The van der Waals surface area contributed by atoms with Crippen molar-refractivity contribution in [1.82, 2.24) is 25.1 Å². The number of aryl methyl sites for hydroxylation is 1. The molecule has 0 atom stereocenters. The maximum Gasteiger partial charge on any atom is 0.254 e. The van der Waals surface area contributed by atoms with Gasteiger partial charge in [0.2, 0.25) is 0 Å². The monoisotopic (exact) mass is 389 g/mol. The molecule has 2 aromatic rings. The zero-order chi connectivity index (χ0) is 19.4. The highest BCUT2D eigenvalue weighted by Gasteiger charge is 2.44. The van der Waals surface area contributed by atoms with E-state index in [4.69, 9.17) is 16.6 Å². The number of rotatable bonds is 2. The highest BCUT2D eigenvalue weighted by Crippen LogP contribution is 2.44. The van der Waals surface area contributed by atoms with E-state index >= 15 is 0 Å². The number of aromatic nitrogens is 4. The molecule has 0 unspecified atom stereocenters. The Morgan fingerprint density at radius 3 is 2.52 bits per heavy atom. The molecular formula is C20H28ClN5O. The number of H-pyrrole nitrogens is 2. The summed E-state index contributed by atoms with van der Waals surface area (Å²) < 4.78 is 0. The summed E-state index contributed by atoms with van der Waals surface area (Å²) in [7, 11) is 0. The minimum atomic E-state index is -0.159. The van der Waals surface area contributed by atoms with Crippen molar-refractivity contribution in [3.8, 4) is 0 Å². The Hall–Kier alpha value is -1.66. The van der Waals surface area contributed by atoms with Gasteiger partial charge in [0.1, 0.15) is 5.82 Å². The van der Waals surface area contributed by atoms with Gasteiger partial charge in [-0.05, 0) is 45.7 Å². The summed E-state index contributed by atoms with van der Waals surface area (Å²) in [5.74, 6) is 0.800. The SMILES string of the molecule is Cc1[nH]nc(CN2CCC3(CCc4c3nc(C(C)(C)C)[nH]c4=O)CC2)c1Cl. The Kier molecular flexibility index (Phi) is 4.47. The Labute approximate surface area is 164 Å². The Balaban J connectivity index is 1.55. The fourth-order valence-corrected chi connectivity index (χ4v) is 4.56. The van der Waals surface area contributed by atoms with Gasteiger partial charge in [-0.2, -0.15) is 5.10 Å². The molecule has 4 rings (SSSR count). The van der Waals surface area contributed by atoms with E-state index in [1.165, 1.54) is 0 Å². The standard InChI is InChI=1S/C20H28ClN5O/c1-12-15(21)14(25-24-12)11-26-9-7-20(8-10-26)6-5-13-16(20)22-18(19(2,3)4)23-17(13)27/h5-11H2,1-4H3,(H,24,25)(H,22,23,27). The summed E-state index contributed by atoms with van der Waals surface area (Å²) in [5, 5.41) is 8.03. The average molecular weight is 390 g/mol. The molecule has 6 nitrogen and oxygen atoms in total. The van der Waals surface area contributed by atoms with E-state index in [-0.39, 0.29) is 16.4 Å². The quantitative estimate of drug-likeness (QED) is 0.826. The van der Waals surface area contributed by atoms with Gasteiger partial charge < -0.3 is 4.98 Å². The molecule has 0 aromatic carbocycles. The van der Waals surface area contributed by atoms with E-state index in [1.807, 2.05) is 6.92 Å². The maximum absolute atomic E-state index is 12.6. The van der Waals surface area contributed by atoms with E-state index < -0.39 is 0 Å². The van der Waals surface area contributed by atoms with Gasteiger partial charge in [0.15, 0.2) is 0 Å². The van der Waals surface area contributed by atoms with Gasteiger partial charge in [0, 0.05) is 22.9 Å². The summed E-state index contributed by atoms with van der Waals surface area (Å²) in [6.45, 7) is 10.9. The number of fused-ring (bicyclic) bond motifs is 2. The molecule has 2 aliphatic rings. The first kappa shape index (κ1) is 18.7. The average Bonchev–Trinajstić information content (AvgIpc) is 3.12. The molecule has 146 valence electrons. The van der Waals surface area contributed by atoms with Crippen LogP contribution in [-0.2, 0) is 23.8 Å². The van der Waals surface area contributed by atoms with E-state index in [0.29, 0.717) is 0 Å². The fourth-order valence-electron chi connectivity index (χ4n) is 4.41. The van der Waals surface area contributed by atoms with Crippen LogP contribution in [-0.4, -0.2) is 38.2 Å². The van der Waals surface area contributed by atoms with E-state index in [2.05, 4.69) is 40.9 Å². The predicted molar refractivity (Wildman–Crippen MR) is 106 cm³/mol. The van der Waals surface area contributed by atoms with Crippen LogP contribution in [0.4, 0.5) is 0 Å². The summed E-state index contributed by atoms with van der Waals surface area (Å²) in [4.78, 5) is 23.0. The molecule has 2 N–H and O–H groups in total. The molecule has 0 bridgehead atoms. The van der Waals surface area contributed by atoms with Gasteiger partial charge in [-0.15, -0.1) is 0 Å². The molecule has 1 aliphatic carbocycles. The third kappa shape index (κ3) is 3.23. The smallest absolute Gasteiger partial charge is 0.254 e. The molecule has 0 radical (unpaired) electrons. The molecule has 1 aliphatic heterocycles. The van der Waals surface area contributed by atoms with Crippen molar-refractivity contribution in [2.45, 2.75) is 70.8 Å². The number of nitrogens with one attached hydrogen (secondary N) is 2. The van der Waals surface area contributed by atoms with Crippen molar-refractivity contribution < 1.29 is 0 Å². The molecule has 3 heterocycles. The minimum absolute atomic E-state index is 0.0470. The lowest BCUT2D eigenvalue weighted by Gasteiger charge is -2.39. The van der Waals surface area contributed by atoms with Gasteiger partial charge in [-0.1, -0.05) is 32.4 Å². The van der Waals surface area contributed by atoms with Crippen molar-refractivity contribution >= 4 is 11.6 Å². The minimum Gasteiger partial charge on any atom is -0.310 e. The lowest BCUT2D eigenvalue weighted by atomic mass is 9.76. The summed E-state index contributed by atoms with van der Waals surface area (Å²) >= 11 is 6.32. The Morgan fingerprint density at radius 1 is 1.22 bits per heavy atom. The van der Waals surface area contributed by atoms with Crippen molar-refractivity contribution in [2.75, 3.05) is 13.1 Å². The summed E-state index contributed by atoms with van der Waals surface area (Å²) in [6, 6.07) is 0. The number of hydrogen-bond acceptors (Lipinski definition) is 4. The van der Waals surface area contributed by atoms with Gasteiger partial charge in [-0.25, -0.2) is 4.98 Å². The zero-order valence-corrected chi connectivity index (χ0v) is 17.3. The van der Waals surface area contributed by atoms with Crippen molar-refractivity contribution in [2.24, 2.45) is 0 Å². The normalized spacial score (nSPS) is 19.6. The second kappa shape index (κ2) is 6.45. The van der Waals surface area contributed by atoms with Crippen molar-refractivity contribution in [1.29, 1.82) is 0 Å². The summed E-state index contributed by atoms with van der Waals surface area (Å²) in [6.07, 6.45) is 3.93. The second-order valence-electron chi connectivity index (χ2n) is 9.16. The van der Waals surface area contributed by atoms with Crippen LogP contribution in [0.3, 0.4) is 0 Å². The van der Waals surface area contributed by atoms with Crippen LogP contribution in [0, 0.1) is 6.92 Å². The highest BCUT2D eigenvalue weighted by molar-refractivity contribution is 6.31. The molecule has 2 aromatic heterocycles. The lowest BCUT2D eigenvalue weighted by molar-refractivity contribution is 0.148. The first-order chi connectivity index (χ1) is 12.7. The molecule has 7 heteroatoms. The maximum atomic E-state index is 12.6. The molecule has 1 fully saturated rings. The summed E-state index contributed by atoms with van der Waals surface area (Å²) in [5.41, 5.74) is 3.75. The second-order valence-corrected chi connectivity index (χ2v) is 9.54. The largest absolute Gasteiger partial charge is 0.310 e. The fraction of sp³-hybridized carbons (Fsp3) is 0.650. The number of hydrogen-bond donors (Lipinski definition) is 2. The van der Waals surface area contributed by atoms with E-state index in [0.717, 1.165) is 78.8 Å². The van der Waals surface area contributed by atoms with E-state index in [1.54, 1.807) is 0 Å². The lowest BCUT2D eigenvalue weighted by Crippen LogP contribution is -2.42. The number of piperidine rings is 1. The van der Waals surface area contributed by atoms with Crippen LogP contribution in [0.1, 0.15) is 68.5 Å². The van der Waals surface area contributed by atoms with Crippen LogP contribution < -0.4 is 5.56 Å². The first-order valence-electron chi connectivity index (χ1n) is 9.75. The van der Waals surface area contributed by atoms with Crippen molar-refractivity contribution in [3.05, 3.63) is 43.8 Å². The number of nitrogens with zero attached hydrogens (tertiary/aromatic N) is 3. The topological polar surface area (TPSA) is 77.7 Å².